The third kappa shape index (κ3) is 3.70. The molecule has 0 spiro atoms. The minimum absolute atomic E-state index is 0.0105. The van der Waals surface area contributed by atoms with Gasteiger partial charge in [-0.15, -0.1) is 11.3 Å². The van der Waals surface area contributed by atoms with E-state index in [-0.39, 0.29) is 30.1 Å². The van der Waals surface area contributed by atoms with Crippen molar-refractivity contribution in [2.45, 2.75) is 32.2 Å². The molecule has 1 amide bonds. The van der Waals surface area contributed by atoms with Crippen LogP contribution in [0.4, 0.5) is 0 Å². The van der Waals surface area contributed by atoms with Crippen LogP contribution in [0.1, 0.15) is 35.0 Å². The van der Waals surface area contributed by atoms with Crippen molar-refractivity contribution in [2.75, 3.05) is 25.9 Å². The van der Waals surface area contributed by atoms with Crippen LogP contribution in [0.2, 0.25) is 0 Å². The van der Waals surface area contributed by atoms with Crippen LogP contribution in [0.3, 0.4) is 0 Å². The lowest BCUT2D eigenvalue weighted by Crippen LogP contribution is -2.48. The fourth-order valence-corrected chi connectivity index (χ4v) is 5.28. The molecular formula is C16H22N2O4S2. The number of nitrogens with zero attached hydrogens (tertiary/aromatic N) is 2. The van der Waals surface area contributed by atoms with Gasteiger partial charge in [0.15, 0.2) is 5.78 Å². The van der Waals surface area contributed by atoms with Crippen molar-refractivity contribution in [3.8, 4) is 0 Å². The van der Waals surface area contributed by atoms with Gasteiger partial charge in [0.25, 0.3) is 0 Å². The zero-order valence-corrected chi connectivity index (χ0v) is 15.5. The number of carbonyl (C=O) groups excluding carboxylic acids is 2. The number of Topliss-reactive ketones (excluding diaryl/α,β-unsaturated/α-hetero) is 1. The van der Waals surface area contributed by atoms with Crippen LogP contribution in [0.25, 0.3) is 0 Å². The molecular weight excluding hydrogens is 348 g/mol. The summed E-state index contributed by atoms with van der Waals surface area (Å²) in [5.41, 5.74) is 0.857. The molecule has 2 atom stereocenters. The van der Waals surface area contributed by atoms with E-state index >= 15 is 0 Å². The summed E-state index contributed by atoms with van der Waals surface area (Å²) in [4.78, 5) is 26.6. The molecule has 3 aliphatic rings. The molecule has 0 N–H and O–H groups in total. The SMILES string of the molecule is CC(=O)c1cc(CC(=O)N2C[C@H]3CC[C@@H]2CN(S(C)(=O)=O)C3)cs1. The van der Waals surface area contributed by atoms with Crippen molar-refractivity contribution in [3.05, 3.63) is 21.9 Å². The number of ketones is 1. The Morgan fingerprint density at radius 2 is 2.00 bits per heavy atom. The fourth-order valence-electron chi connectivity index (χ4n) is 3.54. The van der Waals surface area contributed by atoms with Crippen LogP contribution >= 0.6 is 11.3 Å². The second kappa shape index (κ2) is 6.57. The Labute approximate surface area is 146 Å². The van der Waals surface area contributed by atoms with Crippen molar-refractivity contribution >= 4 is 33.1 Å². The van der Waals surface area contributed by atoms with Gasteiger partial charge in [-0.2, -0.15) is 4.31 Å². The van der Waals surface area contributed by atoms with Crippen molar-refractivity contribution in [3.63, 3.8) is 0 Å². The summed E-state index contributed by atoms with van der Waals surface area (Å²) < 4.78 is 25.3. The molecule has 8 heteroatoms. The van der Waals surface area contributed by atoms with Gasteiger partial charge in [0.1, 0.15) is 0 Å². The van der Waals surface area contributed by atoms with E-state index in [0.717, 1.165) is 18.4 Å². The zero-order chi connectivity index (χ0) is 17.5. The van der Waals surface area contributed by atoms with Gasteiger partial charge in [-0.1, -0.05) is 0 Å². The van der Waals surface area contributed by atoms with Crippen LogP contribution in [-0.4, -0.2) is 61.2 Å². The topological polar surface area (TPSA) is 74.8 Å². The van der Waals surface area contributed by atoms with Crippen LogP contribution in [0.5, 0.6) is 0 Å². The fraction of sp³-hybridized carbons (Fsp3) is 0.625. The highest BCUT2D eigenvalue weighted by atomic mass is 32.2. The smallest absolute Gasteiger partial charge is 0.227 e. The Hall–Kier alpha value is -1.25. The molecule has 132 valence electrons. The first-order valence-corrected chi connectivity index (χ1v) is 10.8. The average molecular weight is 370 g/mol. The average Bonchev–Trinajstić information content (AvgIpc) is 2.75. The number of fused-ring (bicyclic) bond motifs is 4. The standard InChI is InChI=1S/C16H22N2O4S2/c1-11(19)15-5-13(10-23-15)6-16(20)18-8-12-3-4-14(18)9-17(7-12)24(2,21)22/h5,10,12,14H,3-4,6-9H2,1-2H3/t12-,14+/m0/s1. The normalized spacial score (nSPS) is 24.8. The van der Waals surface area contributed by atoms with Crippen LogP contribution in [0.15, 0.2) is 11.4 Å². The molecule has 1 aromatic rings. The minimum Gasteiger partial charge on any atom is -0.338 e. The summed E-state index contributed by atoms with van der Waals surface area (Å²) in [5.74, 6) is 0.238. The first-order chi connectivity index (χ1) is 11.2. The first kappa shape index (κ1) is 17.6. The van der Waals surface area contributed by atoms with E-state index < -0.39 is 10.0 Å². The number of piperidine rings is 1. The molecule has 4 heterocycles. The van der Waals surface area contributed by atoms with Gasteiger partial charge < -0.3 is 4.90 Å². The number of sulfonamides is 1. The third-order valence-corrected chi connectivity index (χ3v) is 7.14. The van der Waals surface area contributed by atoms with E-state index in [1.165, 1.54) is 28.8 Å². The highest BCUT2D eigenvalue weighted by molar-refractivity contribution is 7.88. The Balaban J connectivity index is 1.72. The van der Waals surface area contributed by atoms with E-state index in [4.69, 9.17) is 0 Å². The van der Waals surface area contributed by atoms with Gasteiger partial charge >= 0.3 is 0 Å². The molecule has 0 saturated carbocycles. The highest BCUT2D eigenvalue weighted by Gasteiger charge is 2.39. The van der Waals surface area contributed by atoms with Gasteiger partial charge in [0, 0.05) is 25.7 Å². The molecule has 0 aromatic carbocycles. The van der Waals surface area contributed by atoms with Gasteiger partial charge in [-0.25, -0.2) is 8.42 Å². The number of rotatable bonds is 4. The van der Waals surface area contributed by atoms with Crippen molar-refractivity contribution in [1.29, 1.82) is 0 Å². The Morgan fingerprint density at radius 3 is 2.62 bits per heavy atom. The summed E-state index contributed by atoms with van der Waals surface area (Å²) in [5, 5.41) is 1.85. The molecule has 24 heavy (non-hydrogen) atoms. The molecule has 4 rings (SSSR count). The van der Waals surface area contributed by atoms with E-state index in [0.29, 0.717) is 24.5 Å². The summed E-state index contributed by atoms with van der Waals surface area (Å²) in [7, 11) is -3.23. The number of hydrogen-bond donors (Lipinski definition) is 0. The van der Waals surface area contributed by atoms with Crippen molar-refractivity contribution in [2.24, 2.45) is 5.92 Å². The zero-order valence-electron chi connectivity index (χ0n) is 13.9. The van der Waals surface area contributed by atoms with Gasteiger partial charge in [0.2, 0.25) is 15.9 Å². The molecule has 0 radical (unpaired) electrons. The maximum Gasteiger partial charge on any atom is 0.227 e. The molecule has 0 aliphatic carbocycles. The monoisotopic (exact) mass is 370 g/mol. The van der Waals surface area contributed by atoms with Crippen LogP contribution in [-0.2, 0) is 21.2 Å². The molecule has 3 aliphatic heterocycles. The summed E-state index contributed by atoms with van der Waals surface area (Å²) in [6, 6.07) is 1.74. The molecule has 6 nitrogen and oxygen atoms in total. The molecule has 0 unspecified atom stereocenters. The van der Waals surface area contributed by atoms with Crippen molar-refractivity contribution < 1.29 is 18.0 Å². The Bertz CT molecular complexity index is 756. The van der Waals surface area contributed by atoms with Crippen molar-refractivity contribution in [1.82, 2.24) is 9.21 Å². The van der Waals surface area contributed by atoms with Crippen LogP contribution in [0, 0.1) is 5.92 Å². The number of hydrogen-bond acceptors (Lipinski definition) is 5. The second-order valence-electron chi connectivity index (χ2n) is 6.78. The summed E-state index contributed by atoms with van der Waals surface area (Å²) in [6.07, 6.45) is 3.32. The lowest BCUT2D eigenvalue weighted by molar-refractivity contribution is -0.134. The maximum absolute atomic E-state index is 12.7. The minimum atomic E-state index is -3.23. The predicted octanol–water partition coefficient (Wildman–Crippen LogP) is 1.38. The first-order valence-electron chi connectivity index (χ1n) is 8.07. The number of carbonyl (C=O) groups is 2. The van der Waals surface area contributed by atoms with Gasteiger partial charge in [-0.3, -0.25) is 9.59 Å². The summed E-state index contributed by atoms with van der Waals surface area (Å²) in [6.45, 7) is 3.04. The van der Waals surface area contributed by atoms with Gasteiger partial charge in [0.05, 0.1) is 17.6 Å². The van der Waals surface area contributed by atoms with E-state index in [2.05, 4.69) is 0 Å². The Morgan fingerprint density at radius 1 is 1.25 bits per heavy atom. The largest absolute Gasteiger partial charge is 0.338 e. The quantitative estimate of drug-likeness (QED) is 0.751. The predicted molar refractivity (Wildman–Crippen MR) is 92.7 cm³/mol. The van der Waals surface area contributed by atoms with E-state index in [1.54, 1.807) is 6.07 Å². The van der Waals surface area contributed by atoms with E-state index in [1.807, 2.05) is 10.3 Å². The molecule has 3 saturated heterocycles. The van der Waals surface area contributed by atoms with Crippen LogP contribution < -0.4 is 0 Å². The Kier molecular flexibility index (Phi) is 4.81. The number of thiophene rings is 1. The van der Waals surface area contributed by atoms with E-state index in [9.17, 15) is 18.0 Å². The lowest BCUT2D eigenvalue weighted by Gasteiger charge is -2.36. The molecule has 1 aromatic heterocycles. The molecule has 2 bridgehead atoms. The number of amides is 1. The highest BCUT2D eigenvalue weighted by Crippen LogP contribution is 2.30. The third-order valence-electron chi connectivity index (χ3n) is 4.83. The maximum atomic E-state index is 12.7. The second-order valence-corrected chi connectivity index (χ2v) is 9.67. The molecule has 3 fully saturated rings. The lowest BCUT2D eigenvalue weighted by atomic mass is 9.94. The van der Waals surface area contributed by atoms with Gasteiger partial charge in [-0.05, 0) is 42.7 Å². The summed E-state index contributed by atoms with van der Waals surface area (Å²) >= 11 is 1.36.